The van der Waals surface area contributed by atoms with E-state index in [0.29, 0.717) is 17.5 Å². The van der Waals surface area contributed by atoms with Crippen molar-refractivity contribution in [1.82, 2.24) is 10.2 Å². The molecule has 0 aliphatic carbocycles. The van der Waals surface area contributed by atoms with E-state index in [1.54, 1.807) is 26.2 Å². The third-order valence-corrected chi connectivity index (χ3v) is 2.43. The Morgan fingerprint density at radius 2 is 1.89 bits per heavy atom. The molecule has 0 bridgehead atoms. The number of methoxy groups -OCH3 is 1. The predicted octanol–water partition coefficient (Wildman–Crippen LogP) is 2.96. The van der Waals surface area contributed by atoms with Crippen LogP contribution in [0, 0.1) is 0 Å². The van der Waals surface area contributed by atoms with Gasteiger partial charge in [-0.2, -0.15) is 0 Å². The van der Waals surface area contributed by atoms with Crippen LogP contribution >= 0.6 is 11.6 Å². The van der Waals surface area contributed by atoms with Gasteiger partial charge in [0.25, 0.3) is 5.89 Å². The molecule has 5 nitrogen and oxygen atoms in total. The van der Waals surface area contributed by atoms with Crippen molar-refractivity contribution in [3.05, 3.63) is 36.0 Å². The van der Waals surface area contributed by atoms with Gasteiger partial charge in [0.15, 0.2) is 6.61 Å². The van der Waals surface area contributed by atoms with Crippen LogP contribution in [0.5, 0.6) is 11.5 Å². The molecular formula is C12H13ClN2O3. The third kappa shape index (κ3) is 3.13. The molecule has 0 aliphatic rings. The molecule has 1 atom stereocenters. The first-order valence-electron chi connectivity index (χ1n) is 5.42. The van der Waals surface area contributed by atoms with Crippen molar-refractivity contribution >= 4 is 11.6 Å². The van der Waals surface area contributed by atoms with Gasteiger partial charge in [-0.25, -0.2) is 0 Å². The van der Waals surface area contributed by atoms with Crippen LogP contribution in [0.3, 0.4) is 0 Å². The van der Waals surface area contributed by atoms with Crippen molar-refractivity contribution in [3.8, 4) is 11.5 Å². The van der Waals surface area contributed by atoms with Crippen LogP contribution in [-0.4, -0.2) is 17.3 Å². The maximum absolute atomic E-state index is 5.82. The van der Waals surface area contributed by atoms with Gasteiger partial charge < -0.3 is 13.9 Å². The fourth-order valence-electron chi connectivity index (χ4n) is 1.30. The van der Waals surface area contributed by atoms with Gasteiger partial charge in [0.05, 0.1) is 7.11 Å². The Hall–Kier alpha value is -1.75. The number of rotatable bonds is 5. The van der Waals surface area contributed by atoms with Gasteiger partial charge in [0.1, 0.15) is 16.9 Å². The van der Waals surface area contributed by atoms with E-state index in [1.165, 1.54) is 0 Å². The summed E-state index contributed by atoms with van der Waals surface area (Å²) in [6, 6.07) is 7.24. The predicted molar refractivity (Wildman–Crippen MR) is 65.9 cm³/mol. The van der Waals surface area contributed by atoms with Crippen LogP contribution in [0.25, 0.3) is 0 Å². The van der Waals surface area contributed by atoms with Crippen LogP contribution in [0.4, 0.5) is 0 Å². The van der Waals surface area contributed by atoms with Crippen molar-refractivity contribution in [2.24, 2.45) is 0 Å². The molecule has 2 aromatic rings. The topological polar surface area (TPSA) is 57.4 Å². The summed E-state index contributed by atoms with van der Waals surface area (Å²) in [7, 11) is 1.61. The largest absolute Gasteiger partial charge is 0.497 e. The summed E-state index contributed by atoms with van der Waals surface area (Å²) in [5, 5.41) is 7.34. The summed E-state index contributed by atoms with van der Waals surface area (Å²) in [6.45, 7) is 1.98. The minimum absolute atomic E-state index is 0.211. The van der Waals surface area contributed by atoms with E-state index in [4.69, 9.17) is 25.5 Å². The molecule has 0 saturated carbocycles. The standard InChI is InChI=1S/C12H13ClN2O3/c1-8(13)12-15-14-11(18-12)7-17-10-5-3-9(16-2)4-6-10/h3-6,8H,7H2,1-2H3. The number of nitrogens with zero attached hydrogens (tertiary/aromatic N) is 2. The van der Waals surface area contributed by atoms with Crippen molar-refractivity contribution in [2.45, 2.75) is 18.9 Å². The summed E-state index contributed by atoms with van der Waals surface area (Å²) in [5.41, 5.74) is 0. The van der Waals surface area contributed by atoms with E-state index >= 15 is 0 Å². The van der Waals surface area contributed by atoms with Crippen molar-refractivity contribution in [2.75, 3.05) is 7.11 Å². The van der Waals surface area contributed by atoms with Gasteiger partial charge in [0.2, 0.25) is 5.89 Å². The first-order valence-corrected chi connectivity index (χ1v) is 5.86. The van der Waals surface area contributed by atoms with Gasteiger partial charge in [-0.1, -0.05) is 0 Å². The highest BCUT2D eigenvalue weighted by atomic mass is 35.5. The highest BCUT2D eigenvalue weighted by Crippen LogP contribution is 2.20. The molecule has 1 aromatic carbocycles. The Kier molecular flexibility index (Phi) is 4.04. The molecular weight excluding hydrogens is 256 g/mol. The maximum atomic E-state index is 5.82. The molecule has 0 saturated heterocycles. The first-order chi connectivity index (χ1) is 8.69. The van der Waals surface area contributed by atoms with E-state index in [0.717, 1.165) is 5.75 Å². The molecule has 6 heteroatoms. The van der Waals surface area contributed by atoms with Crippen molar-refractivity contribution in [1.29, 1.82) is 0 Å². The zero-order valence-corrected chi connectivity index (χ0v) is 10.8. The lowest BCUT2D eigenvalue weighted by Gasteiger charge is -2.04. The van der Waals surface area contributed by atoms with E-state index in [9.17, 15) is 0 Å². The summed E-state index contributed by atoms with van der Waals surface area (Å²) in [6.07, 6.45) is 0. The fourth-order valence-corrected chi connectivity index (χ4v) is 1.39. The zero-order valence-electron chi connectivity index (χ0n) is 10.1. The van der Waals surface area contributed by atoms with Crippen molar-refractivity contribution < 1.29 is 13.9 Å². The molecule has 2 rings (SSSR count). The molecule has 0 spiro atoms. The van der Waals surface area contributed by atoms with Gasteiger partial charge in [-0.3, -0.25) is 0 Å². The Morgan fingerprint density at radius 1 is 1.22 bits per heavy atom. The fraction of sp³-hybridized carbons (Fsp3) is 0.333. The Balaban J connectivity index is 1.93. The second kappa shape index (κ2) is 5.73. The summed E-state index contributed by atoms with van der Waals surface area (Å²) < 4.78 is 15.8. The van der Waals surface area contributed by atoms with E-state index in [-0.39, 0.29) is 12.0 Å². The van der Waals surface area contributed by atoms with Crippen LogP contribution in [-0.2, 0) is 6.61 Å². The molecule has 0 radical (unpaired) electrons. The van der Waals surface area contributed by atoms with E-state index in [1.807, 2.05) is 12.1 Å². The van der Waals surface area contributed by atoms with Crippen LogP contribution in [0.1, 0.15) is 24.1 Å². The Bertz CT molecular complexity index is 496. The molecule has 1 aromatic heterocycles. The summed E-state index contributed by atoms with van der Waals surface area (Å²) in [4.78, 5) is 0. The molecule has 1 heterocycles. The molecule has 18 heavy (non-hydrogen) atoms. The molecule has 0 fully saturated rings. The Morgan fingerprint density at radius 3 is 2.44 bits per heavy atom. The molecule has 0 N–H and O–H groups in total. The number of hydrogen-bond acceptors (Lipinski definition) is 5. The zero-order chi connectivity index (χ0) is 13.0. The Labute approximate surface area is 110 Å². The van der Waals surface area contributed by atoms with Crippen LogP contribution in [0.2, 0.25) is 0 Å². The highest BCUT2D eigenvalue weighted by molar-refractivity contribution is 6.20. The lowest BCUT2D eigenvalue weighted by molar-refractivity contribution is 0.258. The molecule has 1 unspecified atom stereocenters. The average Bonchev–Trinajstić information content (AvgIpc) is 2.86. The number of alkyl halides is 1. The second-order valence-corrected chi connectivity index (χ2v) is 4.27. The number of halogens is 1. The monoisotopic (exact) mass is 268 g/mol. The van der Waals surface area contributed by atoms with E-state index in [2.05, 4.69) is 10.2 Å². The number of hydrogen-bond donors (Lipinski definition) is 0. The second-order valence-electron chi connectivity index (χ2n) is 3.61. The maximum Gasteiger partial charge on any atom is 0.253 e. The molecule has 0 amide bonds. The summed E-state index contributed by atoms with van der Waals surface area (Å²) >= 11 is 5.82. The minimum Gasteiger partial charge on any atom is -0.497 e. The van der Waals surface area contributed by atoms with Crippen molar-refractivity contribution in [3.63, 3.8) is 0 Å². The number of benzene rings is 1. The van der Waals surface area contributed by atoms with Gasteiger partial charge in [0, 0.05) is 0 Å². The number of aromatic nitrogens is 2. The third-order valence-electron chi connectivity index (χ3n) is 2.24. The SMILES string of the molecule is COc1ccc(OCc2nnc(C(C)Cl)o2)cc1. The number of ether oxygens (including phenoxy) is 2. The lowest BCUT2D eigenvalue weighted by atomic mass is 10.3. The smallest absolute Gasteiger partial charge is 0.253 e. The van der Waals surface area contributed by atoms with Gasteiger partial charge in [-0.05, 0) is 31.2 Å². The minimum atomic E-state index is -0.299. The normalized spacial score (nSPS) is 12.2. The first kappa shape index (κ1) is 12.7. The molecule has 96 valence electrons. The van der Waals surface area contributed by atoms with Gasteiger partial charge >= 0.3 is 0 Å². The van der Waals surface area contributed by atoms with Crippen LogP contribution < -0.4 is 9.47 Å². The van der Waals surface area contributed by atoms with E-state index < -0.39 is 0 Å². The van der Waals surface area contributed by atoms with Crippen LogP contribution in [0.15, 0.2) is 28.7 Å². The average molecular weight is 269 g/mol. The highest BCUT2D eigenvalue weighted by Gasteiger charge is 2.11. The summed E-state index contributed by atoms with van der Waals surface area (Å²) in [5.74, 6) is 2.27. The van der Waals surface area contributed by atoms with Gasteiger partial charge in [-0.15, -0.1) is 21.8 Å². The lowest BCUT2D eigenvalue weighted by Crippen LogP contribution is -1.95. The molecule has 0 aliphatic heterocycles. The quantitative estimate of drug-likeness (QED) is 0.780.